The highest BCUT2D eigenvalue weighted by Gasteiger charge is 2.38. The maximum absolute atomic E-state index is 12.6. The molecular formula is C15H27BN4O4S. The van der Waals surface area contributed by atoms with Gasteiger partial charge in [-0.1, -0.05) is 12.2 Å². The molecule has 140 valence electrons. The van der Waals surface area contributed by atoms with Crippen LogP contribution in [0.4, 0.5) is 0 Å². The quantitative estimate of drug-likeness (QED) is 0.333. The molecule has 0 aromatic heterocycles. The zero-order chi connectivity index (χ0) is 18.6. The number of carbonyl (C=O) groups excluding carboxylic acids is 2. The number of carbonyl (C=O) groups is 2. The van der Waals surface area contributed by atoms with Crippen molar-refractivity contribution in [3.8, 4) is 0 Å². The molecule has 0 aromatic carbocycles. The van der Waals surface area contributed by atoms with Crippen molar-refractivity contribution in [3.05, 3.63) is 0 Å². The second-order valence-corrected chi connectivity index (χ2v) is 7.08. The number of thiocarbonyl (C=S) groups is 1. The maximum Gasteiger partial charge on any atom is 0.475 e. The summed E-state index contributed by atoms with van der Waals surface area (Å²) in [5.41, 5.74) is 0. The van der Waals surface area contributed by atoms with E-state index in [0.717, 1.165) is 12.8 Å². The van der Waals surface area contributed by atoms with Gasteiger partial charge >= 0.3 is 7.12 Å². The summed E-state index contributed by atoms with van der Waals surface area (Å²) in [5.74, 6) is -0.720. The van der Waals surface area contributed by atoms with Crippen LogP contribution in [-0.4, -0.2) is 88.5 Å². The summed E-state index contributed by atoms with van der Waals surface area (Å²) in [5, 5.41) is 24.6. The van der Waals surface area contributed by atoms with Gasteiger partial charge in [-0.05, 0) is 39.7 Å². The Bertz CT molecular complexity index is 522. The van der Waals surface area contributed by atoms with Gasteiger partial charge in [0.25, 0.3) is 0 Å². The number of rotatable bonds is 6. The van der Waals surface area contributed by atoms with Gasteiger partial charge < -0.3 is 30.5 Å². The fourth-order valence-corrected chi connectivity index (χ4v) is 3.87. The lowest BCUT2D eigenvalue weighted by Gasteiger charge is -2.31. The smallest absolute Gasteiger partial charge is 0.426 e. The molecule has 2 heterocycles. The van der Waals surface area contributed by atoms with Gasteiger partial charge in [0.2, 0.25) is 11.8 Å². The van der Waals surface area contributed by atoms with Crippen molar-refractivity contribution in [2.45, 2.75) is 50.6 Å². The lowest BCUT2D eigenvalue weighted by molar-refractivity contribution is -0.137. The van der Waals surface area contributed by atoms with Crippen LogP contribution < -0.4 is 10.6 Å². The van der Waals surface area contributed by atoms with E-state index >= 15 is 0 Å². The highest BCUT2D eigenvalue weighted by atomic mass is 32.1. The second-order valence-electron chi connectivity index (χ2n) is 6.66. The van der Waals surface area contributed by atoms with E-state index < -0.39 is 25.1 Å². The monoisotopic (exact) mass is 370 g/mol. The first-order valence-corrected chi connectivity index (χ1v) is 9.18. The Labute approximate surface area is 154 Å². The van der Waals surface area contributed by atoms with Crippen LogP contribution in [0.2, 0.25) is 0 Å². The van der Waals surface area contributed by atoms with Gasteiger partial charge in [0.1, 0.15) is 11.0 Å². The standard InChI is InChI=1S/C15H27BN4O4S/c1-10(15(25)20-8-4-6-12(20)16(23)24)18-14(22)11-5-3-7-19(11)13(21)9-17-2/h10-12,17,23-24H,3-9H2,1-2H3,(H,18,22)/t10-,11-,12-/m0/s1. The van der Waals surface area contributed by atoms with E-state index in [-0.39, 0.29) is 18.4 Å². The predicted molar refractivity (Wildman–Crippen MR) is 98.8 cm³/mol. The highest BCUT2D eigenvalue weighted by Crippen LogP contribution is 2.21. The molecule has 2 aliphatic heterocycles. The van der Waals surface area contributed by atoms with Gasteiger partial charge in [0, 0.05) is 13.1 Å². The Morgan fingerprint density at radius 1 is 1.24 bits per heavy atom. The fraction of sp³-hybridized carbons (Fsp3) is 0.800. The summed E-state index contributed by atoms with van der Waals surface area (Å²) < 4.78 is 0. The predicted octanol–water partition coefficient (Wildman–Crippen LogP) is -1.49. The number of hydrogen-bond donors (Lipinski definition) is 4. The van der Waals surface area contributed by atoms with Crippen LogP contribution in [0.1, 0.15) is 32.6 Å². The Balaban J connectivity index is 1.95. The van der Waals surface area contributed by atoms with Crippen LogP contribution in [0, 0.1) is 0 Å². The van der Waals surface area contributed by atoms with E-state index in [2.05, 4.69) is 10.6 Å². The van der Waals surface area contributed by atoms with E-state index in [1.807, 2.05) is 0 Å². The van der Waals surface area contributed by atoms with E-state index in [0.29, 0.717) is 30.9 Å². The molecule has 8 nitrogen and oxygen atoms in total. The molecule has 0 radical (unpaired) electrons. The first-order valence-electron chi connectivity index (χ1n) is 8.78. The van der Waals surface area contributed by atoms with E-state index in [4.69, 9.17) is 12.2 Å². The molecule has 0 aromatic rings. The first kappa shape index (κ1) is 20.1. The lowest BCUT2D eigenvalue weighted by Crippen LogP contribution is -2.55. The molecule has 4 N–H and O–H groups in total. The van der Waals surface area contributed by atoms with Gasteiger partial charge in [-0.3, -0.25) is 9.59 Å². The van der Waals surface area contributed by atoms with Crippen molar-refractivity contribution < 1.29 is 19.6 Å². The lowest BCUT2D eigenvalue weighted by atomic mass is 9.78. The molecular weight excluding hydrogens is 343 g/mol. The van der Waals surface area contributed by atoms with Gasteiger partial charge in [-0.2, -0.15) is 0 Å². The van der Waals surface area contributed by atoms with Crippen molar-refractivity contribution in [3.63, 3.8) is 0 Å². The third kappa shape index (κ3) is 4.69. The zero-order valence-corrected chi connectivity index (χ0v) is 15.6. The molecule has 2 aliphatic rings. The van der Waals surface area contributed by atoms with Crippen LogP contribution in [0.15, 0.2) is 0 Å². The normalized spacial score (nSPS) is 24.3. The van der Waals surface area contributed by atoms with E-state index in [1.165, 1.54) is 0 Å². The van der Waals surface area contributed by atoms with Gasteiger partial charge in [0.15, 0.2) is 0 Å². The molecule has 25 heavy (non-hydrogen) atoms. The minimum absolute atomic E-state index is 0.0848. The first-order chi connectivity index (χ1) is 11.9. The number of amides is 2. The minimum atomic E-state index is -1.45. The summed E-state index contributed by atoms with van der Waals surface area (Å²) in [4.78, 5) is 28.6. The topological polar surface area (TPSA) is 105 Å². The highest BCUT2D eigenvalue weighted by molar-refractivity contribution is 7.80. The van der Waals surface area contributed by atoms with Gasteiger partial charge in [-0.25, -0.2) is 0 Å². The van der Waals surface area contributed by atoms with Crippen LogP contribution in [-0.2, 0) is 9.59 Å². The summed E-state index contributed by atoms with van der Waals surface area (Å²) in [7, 11) is 0.249. The Kier molecular flexibility index (Phi) is 7.18. The number of nitrogens with zero attached hydrogens (tertiary/aromatic N) is 2. The number of hydrogen-bond acceptors (Lipinski definition) is 6. The average molecular weight is 370 g/mol. The van der Waals surface area contributed by atoms with E-state index in [1.54, 1.807) is 23.8 Å². The second kappa shape index (κ2) is 8.93. The van der Waals surface area contributed by atoms with Crippen LogP contribution in [0.25, 0.3) is 0 Å². The van der Waals surface area contributed by atoms with Crippen LogP contribution in [0.3, 0.4) is 0 Å². The van der Waals surface area contributed by atoms with Crippen molar-refractivity contribution >= 4 is 36.1 Å². The summed E-state index contributed by atoms with van der Waals surface area (Å²) in [6.07, 6.45) is 2.94. The van der Waals surface area contributed by atoms with Gasteiger partial charge in [0.05, 0.1) is 18.5 Å². The van der Waals surface area contributed by atoms with E-state index in [9.17, 15) is 19.6 Å². The molecule has 2 saturated heterocycles. The molecule has 0 spiro atoms. The summed E-state index contributed by atoms with van der Waals surface area (Å²) >= 11 is 5.45. The third-order valence-electron chi connectivity index (χ3n) is 4.86. The average Bonchev–Trinajstić information content (AvgIpc) is 3.23. The van der Waals surface area contributed by atoms with Crippen molar-refractivity contribution in [2.75, 3.05) is 26.7 Å². The van der Waals surface area contributed by atoms with Gasteiger partial charge in [-0.15, -0.1) is 0 Å². The van der Waals surface area contributed by atoms with Crippen LogP contribution in [0.5, 0.6) is 0 Å². The largest absolute Gasteiger partial charge is 0.475 e. The third-order valence-corrected chi connectivity index (χ3v) is 5.45. The Hall–Kier alpha value is -1.23. The van der Waals surface area contributed by atoms with Crippen molar-refractivity contribution in [1.82, 2.24) is 20.4 Å². The number of nitrogens with one attached hydrogen (secondary N) is 2. The number of likely N-dealkylation sites (tertiary alicyclic amines) is 2. The minimum Gasteiger partial charge on any atom is -0.426 e. The maximum atomic E-state index is 12.6. The Morgan fingerprint density at radius 3 is 2.52 bits per heavy atom. The fourth-order valence-electron chi connectivity index (χ4n) is 3.59. The Morgan fingerprint density at radius 2 is 1.88 bits per heavy atom. The molecule has 2 rings (SSSR count). The molecule has 0 aliphatic carbocycles. The SMILES string of the molecule is CNCC(=O)N1CCC[C@H]1C(=O)N[C@@H](C)C(=S)N1CCC[C@H]1B(O)O. The molecule has 0 bridgehead atoms. The van der Waals surface area contributed by atoms with Crippen LogP contribution >= 0.6 is 12.2 Å². The molecule has 0 saturated carbocycles. The zero-order valence-electron chi connectivity index (χ0n) is 14.8. The number of likely N-dealkylation sites (N-methyl/N-ethyl adjacent to an activating group) is 1. The molecule has 2 amide bonds. The molecule has 3 atom stereocenters. The molecule has 10 heteroatoms. The van der Waals surface area contributed by atoms with Crippen molar-refractivity contribution in [2.24, 2.45) is 0 Å². The molecule has 2 fully saturated rings. The molecule has 0 unspecified atom stereocenters. The van der Waals surface area contributed by atoms with Crippen molar-refractivity contribution in [1.29, 1.82) is 0 Å². The summed E-state index contributed by atoms with van der Waals surface area (Å²) in [6.45, 7) is 3.23. The summed E-state index contributed by atoms with van der Waals surface area (Å²) in [6, 6.07) is -0.882.